The molecule has 2 fully saturated rings. The SMILES string of the molecule is CCCCN(C)C1(CN)CCN2CCCC2C1. The number of likely N-dealkylation sites (N-methyl/N-ethyl adjacent to an activating group) is 1. The molecule has 2 heterocycles. The Hall–Kier alpha value is -0.120. The minimum atomic E-state index is 0.292. The van der Waals surface area contributed by atoms with Crippen molar-refractivity contribution in [2.45, 2.75) is 57.0 Å². The van der Waals surface area contributed by atoms with Crippen molar-refractivity contribution in [2.75, 3.05) is 33.2 Å². The third kappa shape index (κ3) is 2.67. The lowest BCUT2D eigenvalue weighted by atomic mass is 9.82. The zero-order valence-corrected chi connectivity index (χ0v) is 11.6. The van der Waals surface area contributed by atoms with Crippen molar-refractivity contribution in [1.29, 1.82) is 0 Å². The smallest absolute Gasteiger partial charge is 0.0355 e. The van der Waals surface area contributed by atoms with Crippen molar-refractivity contribution in [3.63, 3.8) is 0 Å². The molecular formula is C14H29N3. The van der Waals surface area contributed by atoms with Gasteiger partial charge in [0, 0.05) is 24.7 Å². The van der Waals surface area contributed by atoms with E-state index in [2.05, 4.69) is 23.8 Å². The Labute approximate surface area is 106 Å². The van der Waals surface area contributed by atoms with E-state index in [1.54, 1.807) is 0 Å². The highest BCUT2D eigenvalue weighted by atomic mass is 15.3. The van der Waals surface area contributed by atoms with Gasteiger partial charge >= 0.3 is 0 Å². The monoisotopic (exact) mass is 239 g/mol. The van der Waals surface area contributed by atoms with Gasteiger partial charge in [-0.2, -0.15) is 0 Å². The van der Waals surface area contributed by atoms with Crippen LogP contribution in [0.5, 0.6) is 0 Å². The van der Waals surface area contributed by atoms with E-state index in [0.29, 0.717) is 5.54 Å². The molecule has 0 aliphatic carbocycles. The summed E-state index contributed by atoms with van der Waals surface area (Å²) >= 11 is 0. The first-order valence-electron chi connectivity index (χ1n) is 7.37. The van der Waals surface area contributed by atoms with E-state index in [1.807, 2.05) is 0 Å². The summed E-state index contributed by atoms with van der Waals surface area (Å²) in [6, 6.07) is 0.816. The number of fused-ring (bicyclic) bond motifs is 1. The van der Waals surface area contributed by atoms with Gasteiger partial charge in [0.25, 0.3) is 0 Å². The molecule has 3 heteroatoms. The zero-order chi connectivity index (χ0) is 12.3. The molecular weight excluding hydrogens is 210 g/mol. The van der Waals surface area contributed by atoms with E-state index < -0.39 is 0 Å². The van der Waals surface area contributed by atoms with E-state index >= 15 is 0 Å². The second kappa shape index (κ2) is 5.68. The highest BCUT2D eigenvalue weighted by Gasteiger charge is 2.42. The van der Waals surface area contributed by atoms with Gasteiger partial charge in [0.1, 0.15) is 0 Å². The molecule has 2 aliphatic rings. The molecule has 2 rings (SSSR count). The van der Waals surface area contributed by atoms with Crippen molar-refractivity contribution in [1.82, 2.24) is 9.80 Å². The second-order valence-corrected chi connectivity index (χ2v) is 5.99. The molecule has 0 bridgehead atoms. The summed E-state index contributed by atoms with van der Waals surface area (Å²) in [5, 5.41) is 0. The third-order valence-electron chi connectivity index (χ3n) is 5.02. The van der Waals surface area contributed by atoms with Crippen LogP contribution in [-0.2, 0) is 0 Å². The molecule has 0 amide bonds. The Morgan fingerprint density at radius 2 is 2.24 bits per heavy atom. The van der Waals surface area contributed by atoms with Gasteiger partial charge in [-0.05, 0) is 52.2 Å². The first-order valence-corrected chi connectivity index (χ1v) is 7.37. The number of nitrogens with two attached hydrogens (primary N) is 1. The molecule has 17 heavy (non-hydrogen) atoms. The van der Waals surface area contributed by atoms with Crippen LogP contribution >= 0.6 is 0 Å². The summed E-state index contributed by atoms with van der Waals surface area (Å²) in [5.74, 6) is 0. The number of hydrogen-bond donors (Lipinski definition) is 1. The average Bonchev–Trinajstić information content (AvgIpc) is 2.82. The van der Waals surface area contributed by atoms with Gasteiger partial charge in [0.15, 0.2) is 0 Å². The molecule has 0 aromatic heterocycles. The van der Waals surface area contributed by atoms with Crippen molar-refractivity contribution >= 4 is 0 Å². The van der Waals surface area contributed by atoms with Crippen LogP contribution in [0.1, 0.15) is 45.4 Å². The number of nitrogens with zero attached hydrogens (tertiary/aromatic N) is 2. The van der Waals surface area contributed by atoms with Crippen LogP contribution in [0.15, 0.2) is 0 Å². The molecule has 2 aliphatic heterocycles. The lowest BCUT2D eigenvalue weighted by molar-refractivity contribution is 0.0261. The lowest BCUT2D eigenvalue weighted by Crippen LogP contribution is -2.60. The van der Waals surface area contributed by atoms with Gasteiger partial charge in [-0.3, -0.25) is 4.90 Å². The quantitative estimate of drug-likeness (QED) is 0.792. The molecule has 0 aromatic carbocycles. The van der Waals surface area contributed by atoms with Crippen LogP contribution in [0.25, 0.3) is 0 Å². The van der Waals surface area contributed by atoms with Gasteiger partial charge in [-0.1, -0.05) is 13.3 Å². The van der Waals surface area contributed by atoms with Crippen molar-refractivity contribution in [2.24, 2.45) is 5.73 Å². The predicted molar refractivity (Wildman–Crippen MR) is 73.2 cm³/mol. The van der Waals surface area contributed by atoms with E-state index in [9.17, 15) is 0 Å². The summed E-state index contributed by atoms with van der Waals surface area (Å²) in [6.45, 7) is 6.89. The Bertz CT molecular complexity index is 244. The highest BCUT2D eigenvalue weighted by molar-refractivity contribution is 5.01. The van der Waals surface area contributed by atoms with Crippen LogP contribution in [-0.4, -0.2) is 54.6 Å². The standard InChI is InChI=1S/C14H29N3/c1-3-4-8-16(2)14(12-15)7-10-17-9-5-6-13(17)11-14/h13H,3-12,15H2,1-2H3. The largest absolute Gasteiger partial charge is 0.329 e. The minimum Gasteiger partial charge on any atom is -0.329 e. The number of rotatable bonds is 5. The van der Waals surface area contributed by atoms with Crippen LogP contribution in [0.3, 0.4) is 0 Å². The van der Waals surface area contributed by atoms with Gasteiger partial charge in [-0.15, -0.1) is 0 Å². The maximum atomic E-state index is 6.13. The van der Waals surface area contributed by atoms with Gasteiger partial charge in [-0.25, -0.2) is 0 Å². The van der Waals surface area contributed by atoms with Crippen LogP contribution in [0.4, 0.5) is 0 Å². The Kier molecular flexibility index (Phi) is 4.45. The van der Waals surface area contributed by atoms with E-state index in [1.165, 1.54) is 58.2 Å². The van der Waals surface area contributed by atoms with Crippen molar-refractivity contribution in [3.8, 4) is 0 Å². The van der Waals surface area contributed by atoms with Crippen molar-refractivity contribution < 1.29 is 0 Å². The second-order valence-electron chi connectivity index (χ2n) is 5.99. The average molecular weight is 239 g/mol. The summed E-state index contributed by atoms with van der Waals surface area (Å²) in [6.07, 6.45) is 7.92. The molecule has 0 radical (unpaired) electrons. The van der Waals surface area contributed by atoms with E-state index in [4.69, 9.17) is 5.73 Å². The lowest BCUT2D eigenvalue weighted by Gasteiger charge is -2.49. The number of piperidine rings is 1. The molecule has 2 saturated heterocycles. The summed E-state index contributed by atoms with van der Waals surface area (Å²) in [5.41, 5.74) is 6.43. The minimum absolute atomic E-state index is 0.292. The fourth-order valence-electron chi connectivity index (χ4n) is 3.63. The Morgan fingerprint density at radius 3 is 2.94 bits per heavy atom. The summed E-state index contributed by atoms with van der Waals surface area (Å²) in [7, 11) is 2.28. The van der Waals surface area contributed by atoms with Crippen LogP contribution in [0.2, 0.25) is 0 Å². The molecule has 0 saturated carbocycles. The van der Waals surface area contributed by atoms with E-state index in [-0.39, 0.29) is 0 Å². The van der Waals surface area contributed by atoms with Crippen molar-refractivity contribution in [3.05, 3.63) is 0 Å². The maximum Gasteiger partial charge on any atom is 0.0355 e. The fraction of sp³-hybridized carbons (Fsp3) is 1.00. The molecule has 2 unspecified atom stereocenters. The number of unbranched alkanes of at least 4 members (excludes halogenated alkanes) is 1. The zero-order valence-electron chi connectivity index (χ0n) is 11.6. The Balaban J connectivity index is 1.98. The third-order valence-corrected chi connectivity index (χ3v) is 5.02. The van der Waals surface area contributed by atoms with Crippen LogP contribution in [0, 0.1) is 0 Å². The molecule has 0 spiro atoms. The molecule has 2 N–H and O–H groups in total. The molecule has 3 nitrogen and oxygen atoms in total. The van der Waals surface area contributed by atoms with Gasteiger partial charge in [0.2, 0.25) is 0 Å². The Morgan fingerprint density at radius 1 is 1.41 bits per heavy atom. The maximum absolute atomic E-state index is 6.13. The molecule has 0 aromatic rings. The normalized spacial score (nSPS) is 34.2. The molecule has 2 atom stereocenters. The van der Waals surface area contributed by atoms with Gasteiger partial charge < -0.3 is 10.6 Å². The summed E-state index contributed by atoms with van der Waals surface area (Å²) < 4.78 is 0. The topological polar surface area (TPSA) is 32.5 Å². The summed E-state index contributed by atoms with van der Waals surface area (Å²) in [4.78, 5) is 5.24. The first-order chi connectivity index (χ1) is 8.22. The fourth-order valence-corrected chi connectivity index (χ4v) is 3.63. The first kappa shape index (κ1) is 13.3. The van der Waals surface area contributed by atoms with Crippen LogP contribution < -0.4 is 5.73 Å². The predicted octanol–water partition coefficient (Wildman–Crippen LogP) is 1.67. The highest BCUT2D eigenvalue weighted by Crippen LogP contribution is 2.35. The molecule has 100 valence electrons. The number of hydrogen-bond acceptors (Lipinski definition) is 3. The van der Waals surface area contributed by atoms with Gasteiger partial charge in [0.05, 0.1) is 0 Å². The van der Waals surface area contributed by atoms with E-state index in [0.717, 1.165) is 12.6 Å².